The summed E-state index contributed by atoms with van der Waals surface area (Å²) in [5, 5.41) is 10.4. The van der Waals surface area contributed by atoms with Gasteiger partial charge in [0.05, 0.1) is 10.1 Å². The first-order valence-electron chi connectivity index (χ1n) is 8.75. The van der Waals surface area contributed by atoms with Crippen molar-refractivity contribution in [2.45, 2.75) is 39.3 Å². The Morgan fingerprint density at radius 2 is 1.96 bits per heavy atom. The standard InChI is InChI=1S/C19H28IN3O/c1-3-23(4-2)17-7-10-22(11-8-17)14-16-12-15(6-5-9-21)13-18(20)19(16)24/h12-13,17,24H,3-4,7-11,14,21H2,1-2H3. The summed E-state index contributed by atoms with van der Waals surface area (Å²) in [6.45, 7) is 10.0. The van der Waals surface area contributed by atoms with Crippen LogP contribution in [0.3, 0.4) is 0 Å². The molecule has 1 heterocycles. The molecule has 0 amide bonds. The highest BCUT2D eigenvalue weighted by atomic mass is 127. The quantitative estimate of drug-likeness (QED) is 0.545. The minimum Gasteiger partial charge on any atom is -0.507 e. The van der Waals surface area contributed by atoms with Crippen LogP contribution in [0.15, 0.2) is 12.1 Å². The van der Waals surface area contributed by atoms with Gasteiger partial charge in [-0.15, -0.1) is 0 Å². The van der Waals surface area contributed by atoms with Gasteiger partial charge in [0.25, 0.3) is 0 Å². The number of likely N-dealkylation sites (tertiary alicyclic amines) is 1. The second-order valence-corrected chi connectivity index (χ2v) is 7.36. The summed E-state index contributed by atoms with van der Waals surface area (Å²) in [5.74, 6) is 6.35. The lowest BCUT2D eigenvalue weighted by Gasteiger charge is -2.37. The molecular formula is C19H28IN3O. The van der Waals surface area contributed by atoms with Gasteiger partial charge in [-0.05, 0) is 73.7 Å². The summed E-state index contributed by atoms with van der Waals surface area (Å²) >= 11 is 2.17. The summed E-state index contributed by atoms with van der Waals surface area (Å²) in [6.07, 6.45) is 2.40. The molecule has 0 bridgehead atoms. The number of hydrogen-bond acceptors (Lipinski definition) is 4. The van der Waals surface area contributed by atoms with Gasteiger partial charge >= 0.3 is 0 Å². The van der Waals surface area contributed by atoms with Crippen LogP contribution in [0, 0.1) is 15.4 Å². The average molecular weight is 441 g/mol. The van der Waals surface area contributed by atoms with E-state index in [9.17, 15) is 5.11 Å². The smallest absolute Gasteiger partial charge is 0.133 e. The number of rotatable bonds is 5. The van der Waals surface area contributed by atoms with Gasteiger partial charge in [-0.25, -0.2) is 0 Å². The Morgan fingerprint density at radius 3 is 2.54 bits per heavy atom. The number of aromatic hydroxyl groups is 1. The zero-order valence-electron chi connectivity index (χ0n) is 14.7. The normalized spacial score (nSPS) is 16.2. The molecule has 1 fully saturated rings. The lowest BCUT2D eigenvalue weighted by atomic mass is 10.0. The monoisotopic (exact) mass is 441 g/mol. The minimum atomic E-state index is 0.353. The van der Waals surface area contributed by atoms with Gasteiger partial charge in [-0.2, -0.15) is 0 Å². The Labute approximate surface area is 159 Å². The molecule has 0 saturated carbocycles. The molecule has 24 heavy (non-hydrogen) atoms. The van der Waals surface area contributed by atoms with Crippen LogP contribution in [0.2, 0.25) is 0 Å². The van der Waals surface area contributed by atoms with Crippen molar-refractivity contribution >= 4 is 22.6 Å². The van der Waals surface area contributed by atoms with Crippen LogP contribution < -0.4 is 5.73 Å². The maximum absolute atomic E-state index is 10.4. The molecule has 4 nitrogen and oxygen atoms in total. The maximum atomic E-state index is 10.4. The van der Waals surface area contributed by atoms with Crippen molar-refractivity contribution in [1.82, 2.24) is 9.80 Å². The zero-order chi connectivity index (χ0) is 17.5. The first-order chi connectivity index (χ1) is 11.6. The van der Waals surface area contributed by atoms with Crippen LogP contribution >= 0.6 is 22.6 Å². The van der Waals surface area contributed by atoms with E-state index in [1.54, 1.807) is 0 Å². The highest BCUT2D eigenvalue weighted by molar-refractivity contribution is 14.1. The first-order valence-corrected chi connectivity index (χ1v) is 9.83. The van der Waals surface area contributed by atoms with Crippen molar-refractivity contribution in [1.29, 1.82) is 0 Å². The summed E-state index contributed by atoms with van der Waals surface area (Å²) in [7, 11) is 0. The van der Waals surface area contributed by atoms with E-state index in [0.717, 1.165) is 47.4 Å². The average Bonchev–Trinajstić information content (AvgIpc) is 2.59. The molecule has 1 saturated heterocycles. The zero-order valence-corrected chi connectivity index (χ0v) is 16.8. The second-order valence-electron chi connectivity index (χ2n) is 6.20. The molecular weight excluding hydrogens is 413 g/mol. The largest absolute Gasteiger partial charge is 0.507 e. The molecule has 1 aliphatic heterocycles. The van der Waals surface area contributed by atoms with E-state index in [0.29, 0.717) is 18.3 Å². The van der Waals surface area contributed by atoms with E-state index in [1.165, 1.54) is 12.8 Å². The molecule has 3 N–H and O–H groups in total. The van der Waals surface area contributed by atoms with E-state index in [1.807, 2.05) is 12.1 Å². The Balaban J connectivity index is 2.03. The van der Waals surface area contributed by atoms with Gasteiger partial charge in [-0.3, -0.25) is 4.90 Å². The molecule has 0 atom stereocenters. The van der Waals surface area contributed by atoms with Crippen LogP contribution in [-0.4, -0.2) is 53.7 Å². The highest BCUT2D eigenvalue weighted by Gasteiger charge is 2.23. The fraction of sp³-hybridized carbons (Fsp3) is 0.579. The molecule has 0 radical (unpaired) electrons. The molecule has 0 aromatic heterocycles. The summed E-state index contributed by atoms with van der Waals surface area (Å²) in [6, 6.07) is 4.61. The van der Waals surface area contributed by atoms with Gasteiger partial charge in [0.2, 0.25) is 0 Å². The van der Waals surface area contributed by atoms with Crippen molar-refractivity contribution in [2.24, 2.45) is 5.73 Å². The third kappa shape index (κ3) is 5.09. The Hall–Kier alpha value is -0.810. The number of nitrogens with zero attached hydrogens (tertiary/aromatic N) is 2. The molecule has 5 heteroatoms. The number of nitrogens with two attached hydrogens (primary N) is 1. The first kappa shape index (κ1) is 19.5. The van der Waals surface area contributed by atoms with E-state index >= 15 is 0 Å². The predicted octanol–water partition coefficient (Wildman–Crippen LogP) is 2.61. The molecule has 1 aromatic carbocycles. The fourth-order valence-electron chi connectivity index (χ4n) is 3.43. The van der Waals surface area contributed by atoms with E-state index in [-0.39, 0.29) is 0 Å². The number of piperidine rings is 1. The Kier molecular flexibility index (Phi) is 7.82. The highest BCUT2D eigenvalue weighted by Crippen LogP contribution is 2.28. The van der Waals surface area contributed by atoms with E-state index in [4.69, 9.17) is 5.73 Å². The van der Waals surface area contributed by atoms with Crippen molar-refractivity contribution in [3.05, 3.63) is 26.8 Å². The van der Waals surface area contributed by atoms with E-state index in [2.05, 4.69) is 58.1 Å². The van der Waals surface area contributed by atoms with Gasteiger partial charge in [-0.1, -0.05) is 25.7 Å². The van der Waals surface area contributed by atoms with E-state index < -0.39 is 0 Å². The number of hydrogen-bond donors (Lipinski definition) is 2. The number of halogens is 1. The van der Waals surface area contributed by atoms with Crippen molar-refractivity contribution in [3.63, 3.8) is 0 Å². The van der Waals surface area contributed by atoms with Crippen LogP contribution in [0.5, 0.6) is 5.75 Å². The summed E-state index contributed by atoms with van der Waals surface area (Å²) in [4.78, 5) is 4.99. The third-order valence-electron chi connectivity index (χ3n) is 4.76. The second kappa shape index (κ2) is 9.62. The van der Waals surface area contributed by atoms with Crippen LogP contribution in [0.4, 0.5) is 0 Å². The molecule has 0 unspecified atom stereocenters. The molecule has 0 spiro atoms. The minimum absolute atomic E-state index is 0.353. The van der Waals surface area contributed by atoms with Gasteiger partial charge in [0.15, 0.2) is 0 Å². The molecule has 1 aliphatic rings. The van der Waals surface area contributed by atoms with Crippen LogP contribution in [-0.2, 0) is 6.54 Å². The molecule has 2 rings (SSSR count). The third-order valence-corrected chi connectivity index (χ3v) is 5.58. The Morgan fingerprint density at radius 1 is 1.29 bits per heavy atom. The molecule has 1 aromatic rings. The molecule has 0 aliphatic carbocycles. The lowest BCUT2D eigenvalue weighted by Crippen LogP contribution is -2.44. The maximum Gasteiger partial charge on any atom is 0.133 e. The van der Waals surface area contributed by atoms with Crippen molar-refractivity contribution in [3.8, 4) is 17.6 Å². The van der Waals surface area contributed by atoms with Crippen LogP contribution in [0.1, 0.15) is 37.8 Å². The van der Waals surface area contributed by atoms with Gasteiger partial charge in [0, 0.05) is 23.7 Å². The number of phenols is 1. The SMILES string of the molecule is CCN(CC)C1CCN(Cc2cc(C#CCN)cc(I)c2O)CC1. The van der Waals surface area contributed by atoms with Crippen LogP contribution in [0.25, 0.3) is 0 Å². The van der Waals surface area contributed by atoms with Crippen molar-refractivity contribution < 1.29 is 5.11 Å². The van der Waals surface area contributed by atoms with Crippen molar-refractivity contribution in [2.75, 3.05) is 32.7 Å². The number of phenolic OH excluding ortho intramolecular Hbond substituents is 1. The predicted molar refractivity (Wildman–Crippen MR) is 108 cm³/mol. The summed E-state index contributed by atoms with van der Waals surface area (Å²) < 4.78 is 0.851. The summed E-state index contributed by atoms with van der Waals surface area (Å²) in [5.41, 5.74) is 7.34. The number of benzene rings is 1. The lowest BCUT2D eigenvalue weighted by molar-refractivity contribution is 0.112. The van der Waals surface area contributed by atoms with Gasteiger partial charge in [0.1, 0.15) is 5.75 Å². The molecule has 132 valence electrons. The van der Waals surface area contributed by atoms with Gasteiger partial charge < -0.3 is 15.7 Å². The fourth-order valence-corrected chi connectivity index (χ4v) is 4.11. The topological polar surface area (TPSA) is 52.7 Å². The Bertz CT molecular complexity index is 597.